The molecule has 118 valence electrons. The van der Waals surface area contributed by atoms with E-state index in [-0.39, 0.29) is 11.6 Å². The highest BCUT2D eigenvalue weighted by molar-refractivity contribution is 5.96. The van der Waals surface area contributed by atoms with Crippen molar-refractivity contribution in [2.24, 2.45) is 0 Å². The fraction of sp³-hybridized carbons (Fsp3) is 0.278. The number of aryl methyl sites for hydroxylation is 2. The Morgan fingerprint density at radius 3 is 2.61 bits per heavy atom. The Labute approximate surface area is 134 Å². The van der Waals surface area contributed by atoms with Crippen molar-refractivity contribution in [3.63, 3.8) is 0 Å². The van der Waals surface area contributed by atoms with Gasteiger partial charge in [-0.15, -0.1) is 0 Å². The topological polar surface area (TPSA) is 63.4 Å². The molecule has 1 amide bonds. The van der Waals surface area contributed by atoms with Crippen LogP contribution in [0.2, 0.25) is 0 Å². The highest BCUT2D eigenvalue weighted by atomic mass is 16.6. The van der Waals surface area contributed by atoms with Crippen LogP contribution in [0.3, 0.4) is 0 Å². The number of nitro benzene ring substituents is 1. The van der Waals surface area contributed by atoms with Crippen LogP contribution in [0.25, 0.3) is 0 Å². The van der Waals surface area contributed by atoms with Crippen molar-refractivity contribution in [1.82, 2.24) is 0 Å². The average molecular weight is 310 g/mol. The molecule has 23 heavy (non-hydrogen) atoms. The zero-order valence-corrected chi connectivity index (χ0v) is 12.8. The maximum Gasteiger partial charge on any atom is 0.269 e. The highest BCUT2D eigenvalue weighted by Crippen LogP contribution is 2.31. The molecule has 0 saturated heterocycles. The van der Waals surface area contributed by atoms with Gasteiger partial charge < -0.3 is 4.90 Å². The van der Waals surface area contributed by atoms with Gasteiger partial charge in [-0.3, -0.25) is 14.9 Å². The molecule has 1 aliphatic rings. The molecular weight excluding hydrogens is 292 g/mol. The van der Waals surface area contributed by atoms with E-state index in [2.05, 4.69) is 12.1 Å². The SMILES string of the molecule is O=C1CCc2cc([N+](=O)[O-])ccc2N1CCCc1ccccc1. The Bertz CT molecular complexity index is 728. The fourth-order valence-corrected chi connectivity index (χ4v) is 2.99. The molecule has 3 rings (SSSR count). The smallest absolute Gasteiger partial charge is 0.269 e. The zero-order valence-electron chi connectivity index (χ0n) is 12.8. The fourth-order valence-electron chi connectivity index (χ4n) is 2.99. The third kappa shape index (κ3) is 3.39. The second kappa shape index (κ2) is 6.60. The number of hydrogen-bond acceptors (Lipinski definition) is 3. The molecule has 0 saturated carbocycles. The molecule has 1 heterocycles. The molecule has 0 unspecified atom stereocenters. The highest BCUT2D eigenvalue weighted by Gasteiger charge is 2.25. The van der Waals surface area contributed by atoms with E-state index in [1.807, 2.05) is 18.2 Å². The number of nitrogens with zero attached hydrogens (tertiary/aromatic N) is 2. The summed E-state index contributed by atoms with van der Waals surface area (Å²) in [7, 11) is 0. The first-order valence-electron chi connectivity index (χ1n) is 7.77. The predicted molar refractivity (Wildman–Crippen MR) is 88.5 cm³/mol. The summed E-state index contributed by atoms with van der Waals surface area (Å²) in [6.07, 6.45) is 2.77. The molecular formula is C18H18N2O3. The average Bonchev–Trinajstić information content (AvgIpc) is 2.57. The molecule has 0 aromatic heterocycles. The predicted octanol–water partition coefficient (Wildman–Crippen LogP) is 3.51. The van der Waals surface area contributed by atoms with Gasteiger partial charge >= 0.3 is 0 Å². The first-order valence-corrected chi connectivity index (χ1v) is 7.77. The van der Waals surface area contributed by atoms with E-state index in [1.54, 1.807) is 17.0 Å². The van der Waals surface area contributed by atoms with E-state index >= 15 is 0 Å². The van der Waals surface area contributed by atoms with Gasteiger partial charge in [0.25, 0.3) is 5.69 Å². The summed E-state index contributed by atoms with van der Waals surface area (Å²) in [5.74, 6) is 0.0967. The number of hydrogen-bond donors (Lipinski definition) is 0. The molecule has 1 aliphatic heterocycles. The van der Waals surface area contributed by atoms with Gasteiger partial charge in [0.1, 0.15) is 0 Å². The van der Waals surface area contributed by atoms with Crippen molar-refractivity contribution in [2.45, 2.75) is 25.7 Å². The van der Waals surface area contributed by atoms with Crippen molar-refractivity contribution in [2.75, 3.05) is 11.4 Å². The Hall–Kier alpha value is -2.69. The van der Waals surface area contributed by atoms with Crippen molar-refractivity contribution >= 4 is 17.3 Å². The third-order valence-corrected chi connectivity index (χ3v) is 4.16. The van der Waals surface area contributed by atoms with Crippen LogP contribution in [0.1, 0.15) is 24.0 Å². The first-order chi connectivity index (χ1) is 11.1. The largest absolute Gasteiger partial charge is 0.312 e. The van der Waals surface area contributed by atoms with Crippen LogP contribution in [0.4, 0.5) is 11.4 Å². The number of amides is 1. The number of non-ortho nitro benzene ring substituents is 1. The van der Waals surface area contributed by atoms with E-state index in [1.165, 1.54) is 11.6 Å². The number of carbonyl (C=O) groups excluding carboxylic acids is 1. The molecule has 5 heteroatoms. The maximum atomic E-state index is 12.2. The number of rotatable bonds is 5. The van der Waals surface area contributed by atoms with Crippen LogP contribution >= 0.6 is 0 Å². The molecule has 0 bridgehead atoms. The van der Waals surface area contributed by atoms with Crippen LogP contribution in [-0.2, 0) is 17.6 Å². The third-order valence-electron chi connectivity index (χ3n) is 4.16. The van der Waals surface area contributed by atoms with Crippen LogP contribution in [0.5, 0.6) is 0 Å². The lowest BCUT2D eigenvalue weighted by Gasteiger charge is -2.29. The standard InChI is InChI=1S/C18H18N2O3/c21-18-11-8-15-13-16(20(22)23)9-10-17(15)19(18)12-4-7-14-5-2-1-3-6-14/h1-3,5-6,9-10,13H,4,7-8,11-12H2. The molecule has 2 aromatic rings. The number of fused-ring (bicyclic) bond motifs is 1. The molecule has 0 atom stereocenters. The minimum Gasteiger partial charge on any atom is -0.312 e. The van der Waals surface area contributed by atoms with Gasteiger partial charge in [0, 0.05) is 30.8 Å². The monoisotopic (exact) mass is 310 g/mol. The lowest BCUT2D eigenvalue weighted by atomic mass is 9.99. The van der Waals surface area contributed by atoms with Gasteiger partial charge in [-0.1, -0.05) is 30.3 Å². The minimum absolute atomic E-state index is 0.0855. The normalized spacial score (nSPS) is 13.7. The van der Waals surface area contributed by atoms with Crippen molar-refractivity contribution in [3.8, 4) is 0 Å². The van der Waals surface area contributed by atoms with Crippen LogP contribution in [0.15, 0.2) is 48.5 Å². The van der Waals surface area contributed by atoms with Crippen LogP contribution in [0, 0.1) is 10.1 Å². The van der Waals surface area contributed by atoms with E-state index in [4.69, 9.17) is 0 Å². The van der Waals surface area contributed by atoms with E-state index < -0.39 is 4.92 Å². The minimum atomic E-state index is -0.392. The number of anilines is 1. The van der Waals surface area contributed by atoms with Crippen LogP contribution < -0.4 is 4.90 Å². The Kier molecular flexibility index (Phi) is 4.37. The van der Waals surface area contributed by atoms with E-state index in [0.29, 0.717) is 19.4 Å². The van der Waals surface area contributed by atoms with E-state index in [0.717, 1.165) is 24.1 Å². The molecule has 0 aliphatic carbocycles. The second-order valence-corrected chi connectivity index (χ2v) is 5.70. The Morgan fingerprint density at radius 2 is 1.87 bits per heavy atom. The van der Waals surface area contributed by atoms with Gasteiger partial charge in [-0.2, -0.15) is 0 Å². The molecule has 0 fully saturated rings. The van der Waals surface area contributed by atoms with Gasteiger partial charge in [-0.25, -0.2) is 0 Å². The van der Waals surface area contributed by atoms with Gasteiger partial charge in [0.05, 0.1) is 4.92 Å². The summed E-state index contributed by atoms with van der Waals surface area (Å²) in [6.45, 7) is 0.637. The first kappa shape index (κ1) is 15.2. The van der Waals surface area contributed by atoms with E-state index in [9.17, 15) is 14.9 Å². The Balaban J connectivity index is 1.72. The number of benzene rings is 2. The van der Waals surface area contributed by atoms with Gasteiger partial charge in [-0.05, 0) is 36.5 Å². The van der Waals surface area contributed by atoms with Crippen molar-refractivity contribution < 1.29 is 9.72 Å². The zero-order chi connectivity index (χ0) is 16.2. The lowest BCUT2D eigenvalue weighted by Crippen LogP contribution is -2.36. The second-order valence-electron chi connectivity index (χ2n) is 5.70. The quantitative estimate of drug-likeness (QED) is 0.627. The summed E-state index contributed by atoms with van der Waals surface area (Å²) >= 11 is 0. The summed E-state index contributed by atoms with van der Waals surface area (Å²) < 4.78 is 0. The van der Waals surface area contributed by atoms with Gasteiger partial charge in [0.15, 0.2) is 0 Å². The lowest BCUT2D eigenvalue weighted by molar-refractivity contribution is -0.384. The molecule has 0 spiro atoms. The maximum absolute atomic E-state index is 12.2. The number of nitro groups is 1. The summed E-state index contributed by atoms with van der Waals surface area (Å²) in [5.41, 5.74) is 3.04. The molecule has 0 radical (unpaired) electrons. The Morgan fingerprint density at radius 1 is 1.09 bits per heavy atom. The van der Waals surface area contributed by atoms with Crippen molar-refractivity contribution in [1.29, 1.82) is 0 Å². The molecule has 0 N–H and O–H groups in total. The summed E-state index contributed by atoms with van der Waals surface area (Å²) in [4.78, 5) is 24.5. The summed E-state index contributed by atoms with van der Waals surface area (Å²) in [6, 6.07) is 14.9. The molecule has 5 nitrogen and oxygen atoms in total. The van der Waals surface area contributed by atoms with Gasteiger partial charge in [0.2, 0.25) is 5.91 Å². The molecule has 2 aromatic carbocycles. The summed E-state index contributed by atoms with van der Waals surface area (Å²) in [5, 5.41) is 10.9. The van der Waals surface area contributed by atoms with Crippen LogP contribution in [-0.4, -0.2) is 17.4 Å². The van der Waals surface area contributed by atoms with Crippen molar-refractivity contribution in [3.05, 3.63) is 69.8 Å². The number of carbonyl (C=O) groups is 1.